The van der Waals surface area contributed by atoms with Crippen LogP contribution in [0.2, 0.25) is 0 Å². The van der Waals surface area contributed by atoms with Crippen LogP contribution < -0.4 is 0 Å². The van der Waals surface area contributed by atoms with Gasteiger partial charge in [0.2, 0.25) is 0 Å². The van der Waals surface area contributed by atoms with Crippen molar-refractivity contribution in [3.8, 4) is 0 Å². The molecule has 2 N–H and O–H groups in total. The van der Waals surface area contributed by atoms with Gasteiger partial charge >= 0.3 is 11.9 Å². The van der Waals surface area contributed by atoms with Gasteiger partial charge in [-0.3, -0.25) is 9.59 Å². The molecular weight excluding hydrogens is 400 g/mol. The maximum absolute atomic E-state index is 13.0. The molecule has 2 bridgehead atoms. The fourth-order valence-corrected chi connectivity index (χ4v) is 6.87. The molecule has 0 spiro atoms. The lowest BCUT2D eigenvalue weighted by Crippen LogP contribution is -2.56. The fourth-order valence-electron chi connectivity index (χ4n) is 6.87. The van der Waals surface area contributed by atoms with Crippen molar-refractivity contribution in [3.05, 3.63) is 0 Å². The molecule has 10 atom stereocenters. The van der Waals surface area contributed by atoms with E-state index in [2.05, 4.69) is 0 Å². The first-order valence-electron chi connectivity index (χ1n) is 11.9. The molecule has 1 aliphatic carbocycles. The zero-order valence-corrected chi connectivity index (χ0v) is 19.4. The van der Waals surface area contributed by atoms with Crippen LogP contribution in [0.3, 0.4) is 0 Å². The second-order valence-corrected chi connectivity index (χ2v) is 11.1. The minimum Gasteiger partial charge on any atom is -0.459 e. The van der Waals surface area contributed by atoms with Crippen molar-refractivity contribution in [2.24, 2.45) is 23.7 Å². The first-order valence-corrected chi connectivity index (χ1v) is 11.9. The Hall–Kier alpha value is -1.18. The molecule has 7 heteroatoms. The van der Waals surface area contributed by atoms with Gasteiger partial charge in [0.05, 0.1) is 23.7 Å². The van der Waals surface area contributed by atoms with Crippen molar-refractivity contribution >= 4 is 11.9 Å². The largest absolute Gasteiger partial charge is 0.459 e. The molecule has 0 radical (unpaired) electrons. The average molecular weight is 439 g/mol. The molecule has 176 valence electrons. The summed E-state index contributed by atoms with van der Waals surface area (Å²) >= 11 is 0. The smallest absolute Gasteiger partial charge is 0.309 e. The predicted octanol–water partition coefficient (Wildman–Crippen LogP) is 2.75. The molecule has 0 aromatic heterocycles. The van der Waals surface area contributed by atoms with Gasteiger partial charge in [-0.15, -0.1) is 0 Å². The van der Waals surface area contributed by atoms with Crippen molar-refractivity contribution in [1.29, 1.82) is 0 Å². The Morgan fingerprint density at radius 1 is 1.23 bits per heavy atom. The minimum absolute atomic E-state index is 0.0179. The van der Waals surface area contributed by atoms with Crippen molar-refractivity contribution in [3.63, 3.8) is 0 Å². The number of carbonyl (C=O) groups excluding carboxylic acids is 2. The van der Waals surface area contributed by atoms with Crippen molar-refractivity contribution < 1.29 is 34.0 Å². The third-order valence-electron chi connectivity index (χ3n) is 8.66. The van der Waals surface area contributed by atoms with Gasteiger partial charge in [-0.1, -0.05) is 13.8 Å². The van der Waals surface area contributed by atoms with E-state index in [9.17, 15) is 19.8 Å². The number of esters is 2. The number of rotatable bonds is 3. The number of hydrogen-bond acceptors (Lipinski definition) is 7. The number of aliphatic hydroxyl groups excluding tert-OH is 1. The van der Waals surface area contributed by atoms with Crippen LogP contribution in [-0.4, -0.2) is 57.3 Å². The van der Waals surface area contributed by atoms with Gasteiger partial charge in [0, 0.05) is 24.7 Å². The number of fused-ring (bicyclic) bond motifs is 2. The summed E-state index contributed by atoms with van der Waals surface area (Å²) in [5, 5.41) is 21.8. The zero-order valence-electron chi connectivity index (χ0n) is 19.4. The summed E-state index contributed by atoms with van der Waals surface area (Å²) in [6, 6.07) is 0. The lowest BCUT2D eigenvalue weighted by molar-refractivity contribution is -0.183. The highest BCUT2D eigenvalue weighted by atomic mass is 16.6. The highest BCUT2D eigenvalue weighted by molar-refractivity contribution is 5.73. The van der Waals surface area contributed by atoms with E-state index in [1.54, 1.807) is 6.92 Å². The van der Waals surface area contributed by atoms with Crippen LogP contribution in [0.4, 0.5) is 0 Å². The molecule has 7 nitrogen and oxygen atoms in total. The summed E-state index contributed by atoms with van der Waals surface area (Å²) in [6.07, 6.45) is 1.73. The molecule has 0 amide bonds. The summed E-state index contributed by atoms with van der Waals surface area (Å²) in [4.78, 5) is 25.5. The third-order valence-corrected chi connectivity index (χ3v) is 8.66. The maximum Gasteiger partial charge on any atom is 0.309 e. The van der Waals surface area contributed by atoms with E-state index in [-0.39, 0.29) is 48.1 Å². The SMILES string of the molecule is CCCC(=O)O[C@@]1(C)CC[C@H]2[C@@H]3[C@H]1[C@H]1C[C@](C)(O)[C@@H](O)CC[C@@](C)(OC(=O)[C@H]2C)[C@@H]3O1. The van der Waals surface area contributed by atoms with E-state index >= 15 is 0 Å². The van der Waals surface area contributed by atoms with Crippen LogP contribution >= 0.6 is 0 Å². The molecule has 3 saturated heterocycles. The number of hydrogen-bond donors (Lipinski definition) is 2. The molecule has 1 saturated carbocycles. The summed E-state index contributed by atoms with van der Waals surface area (Å²) in [5.74, 6) is -0.849. The van der Waals surface area contributed by atoms with E-state index < -0.39 is 29.0 Å². The number of carbonyl (C=O) groups is 2. The first kappa shape index (κ1) is 23.0. The maximum atomic E-state index is 13.0. The van der Waals surface area contributed by atoms with Gasteiger partial charge in [0.15, 0.2) is 0 Å². The quantitative estimate of drug-likeness (QED) is 0.653. The van der Waals surface area contributed by atoms with Crippen LogP contribution in [0.1, 0.15) is 79.6 Å². The highest BCUT2D eigenvalue weighted by Crippen LogP contribution is 2.60. The first-order chi connectivity index (χ1) is 14.4. The molecule has 0 aromatic rings. The van der Waals surface area contributed by atoms with Crippen LogP contribution in [0.25, 0.3) is 0 Å². The molecule has 4 rings (SSSR count). The van der Waals surface area contributed by atoms with Crippen molar-refractivity contribution in [2.75, 3.05) is 0 Å². The van der Waals surface area contributed by atoms with E-state index in [0.717, 1.165) is 6.42 Å². The normalized spacial score (nSPS) is 51.7. The van der Waals surface area contributed by atoms with Gasteiger partial charge in [0.25, 0.3) is 0 Å². The number of ether oxygens (including phenoxy) is 3. The second-order valence-electron chi connectivity index (χ2n) is 11.1. The zero-order chi connectivity index (χ0) is 22.8. The standard InChI is InChI=1S/C24H38O7/c1-6-7-17(26)30-23(4)10-8-14-13(2)21(27)31-24(5)11-9-16(25)22(3,28)12-15-19(23)18(14)20(24)29-15/h13-16,18-20,25,28H,6-12H2,1-5H3/t13-,14+,15+,16-,18+,19+,20+,22-,23-,24+/m0/s1. The Morgan fingerprint density at radius 3 is 2.61 bits per heavy atom. The molecular formula is C24H38O7. The molecule has 3 heterocycles. The number of aliphatic hydroxyl groups is 2. The Balaban J connectivity index is 1.81. The van der Waals surface area contributed by atoms with E-state index in [0.29, 0.717) is 32.1 Å². The average Bonchev–Trinajstić information content (AvgIpc) is 3.03. The van der Waals surface area contributed by atoms with Gasteiger partial charge < -0.3 is 24.4 Å². The highest BCUT2D eigenvalue weighted by Gasteiger charge is 2.67. The molecule has 4 fully saturated rings. The van der Waals surface area contributed by atoms with Crippen molar-refractivity contribution in [1.82, 2.24) is 0 Å². The van der Waals surface area contributed by atoms with E-state index in [4.69, 9.17) is 14.2 Å². The third kappa shape index (κ3) is 3.70. The molecule has 4 aliphatic rings. The predicted molar refractivity (Wildman–Crippen MR) is 112 cm³/mol. The van der Waals surface area contributed by atoms with Gasteiger partial charge in [-0.2, -0.15) is 0 Å². The van der Waals surface area contributed by atoms with E-state index in [1.165, 1.54) is 0 Å². The Labute approximate surface area is 184 Å². The van der Waals surface area contributed by atoms with Crippen LogP contribution in [0.5, 0.6) is 0 Å². The monoisotopic (exact) mass is 438 g/mol. The summed E-state index contributed by atoms with van der Waals surface area (Å²) < 4.78 is 18.8. The van der Waals surface area contributed by atoms with Crippen LogP contribution in [0, 0.1) is 23.7 Å². The molecule has 0 unspecified atom stereocenters. The summed E-state index contributed by atoms with van der Waals surface area (Å²) in [7, 11) is 0. The van der Waals surface area contributed by atoms with Crippen LogP contribution in [0.15, 0.2) is 0 Å². The summed E-state index contributed by atoms with van der Waals surface area (Å²) in [5.41, 5.74) is -2.99. The topological polar surface area (TPSA) is 102 Å². The Bertz CT molecular complexity index is 735. The fraction of sp³-hybridized carbons (Fsp3) is 0.917. The van der Waals surface area contributed by atoms with E-state index in [1.807, 2.05) is 27.7 Å². The minimum atomic E-state index is -1.35. The van der Waals surface area contributed by atoms with Gasteiger partial charge in [0.1, 0.15) is 17.3 Å². The second kappa shape index (κ2) is 7.70. The van der Waals surface area contributed by atoms with Gasteiger partial charge in [-0.25, -0.2) is 0 Å². The molecule has 0 aromatic carbocycles. The van der Waals surface area contributed by atoms with Crippen molar-refractivity contribution in [2.45, 2.75) is 115 Å². The lowest BCUT2D eigenvalue weighted by atomic mass is 9.57. The van der Waals surface area contributed by atoms with Gasteiger partial charge in [-0.05, 0) is 58.8 Å². The van der Waals surface area contributed by atoms with Crippen LogP contribution in [-0.2, 0) is 23.8 Å². The molecule has 3 aliphatic heterocycles. The lowest BCUT2D eigenvalue weighted by Gasteiger charge is -2.49. The molecule has 31 heavy (non-hydrogen) atoms. The Kier molecular flexibility index (Phi) is 5.71. The Morgan fingerprint density at radius 2 is 1.94 bits per heavy atom. The summed E-state index contributed by atoms with van der Waals surface area (Å²) in [6.45, 7) is 9.39.